The fourth-order valence-electron chi connectivity index (χ4n) is 2.86. The number of aryl methyl sites for hydroxylation is 1. The molecule has 2 aromatic rings. The van der Waals surface area contributed by atoms with Crippen LogP contribution in [0.5, 0.6) is 0 Å². The molecule has 1 N–H and O–H groups in total. The zero-order valence-electron chi connectivity index (χ0n) is 13.8. The summed E-state index contributed by atoms with van der Waals surface area (Å²) in [6.07, 6.45) is 1.17. The number of anilines is 2. The maximum Gasteiger partial charge on any atom is 0.229 e. The van der Waals surface area contributed by atoms with Crippen LogP contribution in [0.2, 0.25) is 5.02 Å². The first kappa shape index (κ1) is 18.0. The minimum Gasteiger partial charge on any atom is -0.326 e. The molecule has 1 saturated heterocycles. The number of halogens is 2. The van der Waals surface area contributed by atoms with Crippen molar-refractivity contribution in [3.8, 4) is 0 Å². The molecule has 1 fully saturated rings. The largest absolute Gasteiger partial charge is 0.326 e. The zero-order valence-corrected chi connectivity index (χ0v) is 16.1. The maximum atomic E-state index is 12.5. The molecule has 3 rings (SSSR count). The van der Waals surface area contributed by atoms with Crippen LogP contribution in [0.4, 0.5) is 11.4 Å². The molecule has 1 aliphatic heterocycles. The van der Waals surface area contributed by atoms with E-state index in [1.807, 2.05) is 24.3 Å². The van der Waals surface area contributed by atoms with Gasteiger partial charge in [-0.15, -0.1) is 0 Å². The van der Waals surface area contributed by atoms with E-state index < -0.39 is 0 Å². The third-order valence-corrected chi connectivity index (χ3v) is 5.57. The molecule has 4 nitrogen and oxygen atoms in total. The summed E-state index contributed by atoms with van der Waals surface area (Å²) in [5.41, 5.74) is 2.68. The fraction of sp³-hybridized carbons (Fsp3) is 0.263. The first-order chi connectivity index (χ1) is 12.0. The molecule has 1 aliphatic rings. The Morgan fingerprint density at radius 1 is 1.28 bits per heavy atom. The highest BCUT2D eigenvalue weighted by atomic mass is 79.9. The number of nitrogens with zero attached hydrogens (tertiary/aromatic N) is 1. The normalized spacial score (nSPS) is 17.0. The van der Waals surface area contributed by atoms with Crippen molar-refractivity contribution in [3.05, 3.63) is 57.5 Å². The maximum absolute atomic E-state index is 12.5. The molecule has 1 atom stereocenters. The van der Waals surface area contributed by atoms with Crippen molar-refractivity contribution in [3.63, 3.8) is 0 Å². The van der Waals surface area contributed by atoms with Gasteiger partial charge in [-0.2, -0.15) is 0 Å². The van der Waals surface area contributed by atoms with Gasteiger partial charge >= 0.3 is 0 Å². The SMILES string of the molecule is CCc1ccc(N2C[C@H](C(=O)Nc3ccc(Br)c(Cl)c3)CC2=O)cc1. The van der Waals surface area contributed by atoms with E-state index in [0.29, 0.717) is 17.3 Å². The molecule has 0 unspecified atom stereocenters. The molecular formula is C19H18BrClN2O2. The van der Waals surface area contributed by atoms with E-state index in [9.17, 15) is 9.59 Å². The molecule has 1 heterocycles. The number of benzene rings is 2. The summed E-state index contributed by atoms with van der Waals surface area (Å²) < 4.78 is 0.768. The van der Waals surface area contributed by atoms with Gasteiger partial charge in [0.15, 0.2) is 0 Å². The molecule has 25 heavy (non-hydrogen) atoms. The monoisotopic (exact) mass is 420 g/mol. The lowest BCUT2D eigenvalue weighted by molar-refractivity contribution is -0.122. The van der Waals surface area contributed by atoms with Crippen LogP contribution in [-0.2, 0) is 16.0 Å². The standard InChI is InChI=1S/C19H18BrClN2O2/c1-2-12-3-6-15(7-4-12)23-11-13(9-18(23)24)19(25)22-14-5-8-16(20)17(21)10-14/h3-8,10,13H,2,9,11H2,1H3,(H,22,25)/t13-/m1/s1. The summed E-state index contributed by atoms with van der Waals surface area (Å²) in [7, 11) is 0. The van der Waals surface area contributed by atoms with E-state index in [2.05, 4.69) is 28.2 Å². The van der Waals surface area contributed by atoms with E-state index >= 15 is 0 Å². The minimum atomic E-state index is -0.374. The Balaban J connectivity index is 1.68. The summed E-state index contributed by atoms with van der Waals surface area (Å²) >= 11 is 9.37. The third-order valence-electron chi connectivity index (χ3n) is 4.34. The Morgan fingerprint density at radius 3 is 2.64 bits per heavy atom. The Hall–Kier alpha value is -1.85. The highest BCUT2D eigenvalue weighted by molar-refractivity contribution is 9.10. The van der Waals surface area contributed by atoms with E-state index in [1.165, 1.54) is 5.56 Å². The molecule has 130 valence electrons. The third kappa shape index (κ3) is 4.05. The van der Waals surface area contributed by atoms with Gasteiger partial charge in [-0.1, -0.05) is 30.7 Å². The van der Waals surface area contributed by atoms with Crippen molar-refractivity contribution >= 4 is 50.7 Å². The molecule has 0 aromatic heterocycles. The summed E-state index contributed by atoms with van der Waals surface area (Å²) in [6, 6.07) is 13.1. The van der Waals surface area contributed by atoms with Crippen LogP contribution in [-0.4, -0.2) is 18.4 Å². The molecule has 0 aliphatic carbocycles. The second-order valence-electron chi connectivity index (χ2n) is 6.04. The van der Waals surface area contributed by atoms with Crippen molar-refractivity contribution < 1.29 is 9.59 Å². The number of nitrogens with one attached hydrogen (secondary N) is 1. The van der Waals surface area contributed by atoms with Gasteiger partial charge in [0.25, 0.3) is 0 Å². The van der Waals surface area contributed by atoms with Crippen LogP contribution >= 0.6 is 27.5 Å². The van der Waals surface area contributed by atoms with Crippen molar-refractivity contribution in [2.75, 3.05) is 16.8 Å². The second kappa shape index (κ2) is 7.58. The highest BCUT2D eigenvalue weighted by Crippen LogP contribution is 2.28. The van der Waals surface area contributed by atoms with Crippen LogP contribution < -0.4 is 10.2 Å². The van der Waals surface area contributed by atoms with Gasteiger partial charge in [0.2, 0.25) is 11.8 Å². The van der Waals surface area contributed by atoms with Gasteiger partial charge in [0.1, 0.15) is 0 Å². The predicted octanol–water partition coefficient (Wildman–Crippen LogP) is 4.66. The van der Waals surface area contributed by atoms with Crippen LogP contribution in [0.15, 0.2) is 46.9 Å². The number of rotatable bonds is 4. The van der Waals surface area contributed by atoms with E-state index in [0.717, 1.165) is 16.6 Å². The highest BCUT2D eigenvalue weighted by Gasteiger charge is 2.35. The minimum absolute atomic E-state index is 0.0294. The van der Waals surface area contributed by atoms with E-state index in [4.69, 9.17) is 11.6 Å². The molecule has 0 radical (unpaired) electrons. The summed E-state index contributed by atoms with van der Waals surface area (Å²) in [6.45, 7) is 2.48. The Labute approximate surface area is 160 Å². The Bertz CT molecular complexity index is 808. The quantitative estimate of drug-likeness (QED) is 0.781. The van der Waals surface area contributed by atoms with E-state index in [1.54, 1.807) is 23.1 Å². The van der Waals surface area contributed by atoms with Crippen molar-refractivity contribution in [2.45, 2.75) is 19.8 Å². The molecule has 0 saturated carbocycles. The average molecular weight is 422 g/mol. The molecular weight excluding hydrogens is 404 g/mol. The molecule has 2 aromatic carbocycles. The lowest BCUT2D eigenvalue weighted by Gasteiger charge is -2.17. The van der Waals surface area contributed by atoms with Crippen molar-refractivity contribution in [1.29, 1.82) is 0 Å². The second-order valence-corrected chi connectivity index (χ2v) is 7.31. The van der Waals surface area contributed by atoms with Crippen molar-refractivity contribution in [2.24, 2.45) is 5.92 Å². The Morgan fingerprint density at radius 2 is 2.00 bits per heavy atom. The summed E-state index contributed by atoms with van der Waals surface area (Å²) in [5, 5.41) is 3.37. The lowest BCUT2D eigenvalue weighted by Crippen LogP contribution is -2.28. The van der Waals surface area contributed by atoms with Gasteiger partial charge in [-0.05, 0) is 58.2 Å². The number of hydrogen-bond donors (Lipinski definition) is 1. The van der Waals surface area contributed by atoms with Gasteiger partial charge in [0, 0.05) is 28.8 Å². The predicted molar refractivity (Wildman–Crippen MR) is 104 cm³/mol. The van der Waals surface area contributed by atoms with Crippen LogP contribution in [0.3, 0.4) is 0 Å². The number of amides is 2. The van der Waals surface area contributed by atoms with Crippen molar-refractivity contribution in [1.82, 2.24) is 0 Å². The number of hydrogen-bond acceptors (Lipinski definition) is 2. The van der Waals surface area contributed by atoms with Gasteiger partial charge in [-0.3, -0.25) is 9.59 Å². The van der Waals surface area contributed by atoms with E-state index in [-0.39, 0.29) is 24.2 Å². The lowest BCUT2D eigenvalue weighted by atomic mass is 10.1. The topological polar surface area (TPSA) is 49.4 Å². The number of carbonyl (C=O) groups excluding carboxylic acids is 2. The summed E-state index contributed by atoms with van der Waals surface area (Å²) in [4.78, 5) is 26.5. The molecule has 2 amide bonds. The number of carbonyl (C=O) groups is 2. The van der Waals surface area contributed by atoms with Gasteiger partial charge < -0.3 is 10.2 Å². The first-order valence-corrected chi connectivity index (χ1v) is 9.30. The van der Waals surface area contributed by atoms with Gasteiger partial charge in [0.05, 0.1) is 10.9 Å². The first-order valence-electron chi connectivity index (χ1n) is 8.13. The van der Waals surface area contributed by atoms with Crippen LogP contribution in [0, 0.1) is 5.92 Å². The van der Waals surface area contributed by atoms with Crippen LogP contribution in [0.1, 0.15) is 18.9 Å². The smallest absolute Gasteiger partial charge is 0.229 e. The average Bonchev–Trinajstić information content (AvgIpc) is 3.00. The van der Waals surface area contributed by atoms with Gasteiger partial charge in [-0.25, -0.2) is 0 Å². The Kier molecular flexibility index (Phi) is 5.45. The molecule has 6 heteroatoms. The van der Waals surface area contributed by atoms with Crippen LogP contribution in [0.25, 0.3) is 0 Å². The molecule has 0 spiro atoms. The molecule has 0 bridgehead atoms. The summed E-state index contributed by atoms with van der Waals surface area (Å²) in [5.74, 6) is -0.571. The fourth-order valence-corrected chi connectivity index (χ4v) is 3.29. The zero-order chi connectivity index (χ0) is 18.0.